The van der Waals surface area contributed by atoms with Gasteiger partial charge in [0.1, 0.15) is 11.8 Å². The zero-order valence-electron chi connectivity index (χ0n) is 22.8. The lowest BCUT2D eigenvalue weighted by atomic mass is 9.96. The van der Waals surface area contributed by atoms with Crippen molar-refractivity contribution in [3.05, 3.63) is 71.3 Å². The summed E-state index contributed by atoms with van der Waals surface area (Å²) in [4.78, 5) is 53.0. The van der Waals surface area contributed by atoms with Gasteiger partial charge in [-0.2, -0.15) is 5.10 Å². The molecule has 4 N–H and O–H groups in total. The first kappa shape index (κ1) is 29.3. The minimum absolute atomic E-state index is 0.114. The van der Waals surface area contributed by atoms with Crippen molar-refractivity contribution in [3.8, 4) is 0 Å². The molecule has 0 aromatic heterocycles. The summed E-state index contributed by atoms with van der Waals surface area (Å²) < 4.78 is -0.599. The SMILES string of the molecule is Cc1ccccc1CNC(=O)[C@H]1N(C(=O)[C@@H](O)C(Cc2ccccc2)NC(=O)C2=NNC(=O)CC2)CSC1(C)C. The summed E-state index contributed by atoms with van der Waals surface area (Å²) >= 11 is 1.45. The molecular formula is C29H35N5O5S. The number of carbonyl (C=O) groups excluding carboxylic acids is 4. The third kappa shape index (κ3) is 6.89. The highest BCUT2D eigenvalue weighted by molar-refractivity contribution is 8.00. The Morgan fingerprint density at radius 2 is 1.82 bits per heavy atom. The predicted octanol–water partition coefficient (Wildman–Crippen LogP) is 1.65. The molecule has 1 unspecified atom stereocenters. The van der Waals surface area contributed by atoms with Crippen molar-refractivity contribution in [2.75, 3.05) is 5.88 Å². The molecule has 0 aliphatic carbocycles. The zero-order valence-corrected chi connectivity index (χ0v) is 23.7. The second-order valence-electron chi connectivity index (χ2n) is 10.5. The van der Waals surface area contributed by atoms with E-state index in [1.165, 1.54) is 16.7 Å². The minimum Gasteiger partial charge on any atom is -0.381 e. The summed E-state index contributed by atoms with van der Waals surface area (Å²) in [6.07, 6.45) is -1.17. The Hall–Kier alpha value is -3.70. The van der Waals surface area contributed by atoms with Crippen molar-refractivity contribution in [3.63, 3.8) is 0 Å². The number of amides is 4. The molecule has 40 heavy (non-hydrogen) atoms. The van der Waals surface area contributed by atoms with E-state index in [4.69, 9.17) is 0 Å². The molecule has 11 heteroatoms. The van der Waals surface area contributed by atoms with Gasteiger partial charge in [-0.05, 0) is 43.9 Å². The van der Waals surface area contributed by atoms with E-state index in [9.17, 15) is 24.3 Å². The van der Waals surface area contributed by atoms with Gasteiger partial charge >= 0.3 is 0 Å². The van der Waals surface area contributed by atoms with Gasteiger partial charge < -0.3 is 20.6 Å². The highest BCUT2D eigenvalue weighted by Gasteiger charge is 2.49. The molecule has 10 nitrogen and oxygen atoms in total. The number of hydrazone groups is 1. The average Bonchev–Trinajstić information content (AvgIpc) is 3.27. The van der Waals surface area contributed by atoms with Gasteiger partial charge in [0.15, 0.2) is 6.10 Å². The van der Waals surface area contributed by atoms with Gasteiger partial charge in [-0.1, -0.05) is 54.6 Å². The number of aryl methyl sites for hydroxylation is 1. The van der Waals surface area contributed by atoms with Crippen LogP contribution >= 0.6 is 11.8 Å². The Balaban J connectivity index is 1.52. The van der Waals surface area contributed by atoms with E-state index in [-0.39, 0.29) is 42.7 Å². The maximum atomic E-state index is 13.8. The van der Waals surface area contributed by atoms with Crippen LogP contribution in [0, 0.1) is 6.92 Å². The molecule has 4 amide bonds. The Bertz CT molecular complexity index is 1300. The number of nitrogens with one attached hydrogen (secondary N) is 3. The molecule has 3 atom stereocenters. The summed E-state index contributed by atoms with van der Waals surface area (Å²) in [7, 11) is 0. The van der Waals surface area contributed by atoms with Gasteiger partial charge in [0.2, 0.25) is 11.8 Å². The lowest BCUT2D eigenvalue weighted by Gasteiger charge is -2.33. The van der Waals surface area contributed by atoms with Crippen molar-refractivity contribution in [1.29, 1.82) is 0 Å². The van der Waals surface area contributed by atoms with Crippen LogP contribution in [0.3, 0.4) is 0 Å². The molecule has 2 aromatic carbocycles. The summed E-state index contributed by atoms with van der Waals surface area (Å²) in [5.41, 5.74) is 5.24. The number of benzene rings is 2. The molecule has 0 spiro atoms. The molecule has 2 heterocycles. The normalized spacial score (nSPS) is 19.7. The van der Waals surface area contributed by atoms with Crippen LogP contribution in [0.5, 0.6) is 0 Å². The third-order valence-corrected chi connectivity index (χ3v) is 8.58. The van der Waals surface area contributed by atoms with Crippen LogP contribution in [0.4, 0.5) is 0 Å². The molecule has 0 radical (unpaired) electrons. The number of rotatable bonds is 9. The maximum absolute atomic E-state index is 13.8. The third-order valence-electron chi connectivity index (χ3n) is 7.21. The van der Waals surface area contributed by atoms with Crippen LogP contribution in [0.25, 0.3) is 0 Å². The number of nitrogens with zero attached hydrogens (tertiary/aromatic N) is 2. The summed E-state index contributed by atoms with van der Waals surface area (Å²) in [5, 5.41) is 20.9. The van der Waals surface area contributed by atoms with Crippen molar-refractivity contribution >= 4 is 41.1 Å². The molecule has 4 rings (SSSR count). The van der Waals surface area contributed by atoms with E-state index < -0.39 is 34.7 Å². The number of carbonyl (C=O) groups is 4. The molecule has 1 saturated heterocycles. The van der Waals surface area contributed by atoms with Crippen molar-refractivity contribution in [2.24, 2.45) is 5.10 Å². The summed E-state index contributed by atoms with van der Waals surface area (Å²) in [6.45, 7) is 6.08. The summed E-state index contributed by atoms with van der Waals surface area (Å²) in [6, 6.07) is 15.1. The number of hydrogen-bond donors (Lipinski definition) is 4. The first-order valence-electron chi connectivity index (χ1n) is 13.2. The zero-order chi connectivity index (χ0) is 28.9. The Labute approximate surface area is 238 Å². The van der Waals surface area contributed by atoms with Crippen molar-refractivity contribution in [1.82, 2.24) is 21.0 Å². The second-order valence-corrected chi connectivity index (χ2v) is 12.1. The quantitative estimate of drug-likeness (QED) is 0.365. The average molecular weight is 566 g/mol. The van der Waals surface area contributed by atoms with E-state index in [0.717, 1.165) is 16.7 Å². The maximum Gasteiger partial charge on any atom is 0.267 e. The van der Waals surface area contributed by atoms with Crippen molar-refractivity contribution in [2.45, 2.75) is 69.5 Å². The Morgan fingerprint density at radius 1 is 1.12 bits per heavy atom. The molecule has 2 aliphatic rings. The monoisotopic (exact) mass is 565 g/mol. The number of aliphatic hydroxyl groups is 1. The predicted molar refractivity (Wildman–Crippen MR) is 153 cm³/mol. The van der Waals surface area contributed by atoms with Crippen LogP contribution < -0.4 is 16.1 Å². The molecule has 1 fully saturated rings. The fraction of sp³-hybridized carbons (Fsp3) is 0.414. The molecule has 2 aromatic rings. The molecular weight excluding hydrogens is 530 g/mol. The standard InChI is InChI=1S/C29H35N5O5S/c1-18-9-7-8-12-20(18)16-30-27(38)25-29(2,3)40-17-34(25)28(39)24(36)22(15-19-10-5-4-6-11-19)31-26(37)21-13-14-23(35)33-32-21/h4-12,22,24-25,36H,13-17H2,1-3H3,(H,30,38)(H,31,37)(H,33,35)/t22?,24-,25+/m0/s1. The smallest absolute Gasteiger partial charge is 0.267 e. The highest BCUT2D eigenvalue weighted by atomic mass is 32.2. The minimum atomic E-state index is -1.62. The fourth-order valence-electron chi connectivity index (χ4n) is 4.84. The van der Waals surface area contributed by atoms with Gasteiger partial charge in [0, 0.05) is 24.1 Å². The second kappa shape index (κ2) is 12.6. The van der Waals surface area contributed by atoms with Gasteiger partial charge in [-0.3, -0.25) is 19.2 Å². The number of hydrogen-bond acceptors (Lipinski definition) is 7. The topological polar surface area (TPSA) is 140 Å². The Morgan fingerprint density at radius 3 is 2.50 bits per heavy atom. The van der Waals surface area contributed by atoms with E-state index in [0.29, 0.717) is 6.54 Å². The largest absolute Gasteiger partial charge is 0.381 e. The molecule has 212 valence electrons. The number of aliphatic hydroxyl groups excluding tert-OH is 1. The van der Waals surface area contributed by atoms with Gasteiger partial charge in [-0.15, -0.1) is 11.8 Å². The van der Waals surface area contributed by atoms with E-state index in [2.05, 4.69) is 21.2 Å². The Kier molecular flexibility index (Phi) is 9.26. The number of thioether (sulfide) groups is 1. The lowest BCUT2D eigenvalue weighted by Crippen LogP contribution is -2.59. The van der Waals surface area contributed by atoms with Gasteiger partial charge in [0.05, 0.1) is 11.9 Å². The highest BCUT2D eigenvalue weighted by Crippen LogP contribution is 2.40. The van der Waals surface area contributed by atoms with Crippen molar-refractivity contribution < 1.29 is 24.3 Å². The van der Waals surface area contributed by atoms with Gasteiger partial charge in [-0.25, -0.2) is 5.43 Å². The molecule has 2 aliphatic heterocycles. The van der Waals surface area contributed by atoms with Crippen LogP contribution in [-0.4, -0.2) is 68.2 Å². The molecule has 0 saturated carbocycles. The lowest BCUT2D eigenvalue weighted by molar-refractivity contribution is -0.147. The molecule has 0 bridgehead atoms. The van der Waals surface area contributed by atoms with Crippen LogP contribution in [-0.2, 0) is 32.1 Å². The van der Waals surface area contributed by atoms with E-state index in [1.807, 2.05) is 75.4 Å². The van der Waals surface area contributed by atoms with Gasteiger partial charge in [0.25, 0.3) is 11.8 Å². The first-order chi connectivity index (χ1) is 19.1. The van der Waals surface area contributed by atoms with Crippen LogP contribution in [0.15, 0.2) is 59.7 Å². The van der Waals surface area contributed by atoms with Crippen LogP contribution in [0.1, 0.15) is 43.4 Å². The van der Waals surface area contributed by atoms with Crippen LogP contribution in [0.2, 0.25) is 0 Å². The summed E-state index contributed by atoms with van der Waals surface area (Å²) in [5.74, 6) is -1.59. The van der Waals surface area contributed by atoms with E-state index in [1.54, 1.807) is 0 Å². The first-order valence-corrected chi connectivity index (χ1v) is 14.2. The van der Waals surface area contributed by atoms with E-state index >= 15 is 0 Å². The fourth-order valence-corrected chi connectivity index (χ4v) is 5.98.